The molecule has 1 amide bonds. The molecule has 7 heteroatoms. The molecule has 29 heavy (non-hydrogen) atoms. The zero-order chi connectivity index (χ0) is 21.3. The predicted octanol–water partition coefficient (Wildman–Crippen LogP) is 3.76. The highest BCUT2D eigenvalue weighted by Crippen LogP contribution is 2.23. The van der Waals surface area contributed by atoms with E-state index in [0.717, 1.165) is 29.7 Å². The molecule has 2 aromatic carbocycles. The van der Waals surface area contributed by atoms with Gasteiger partial charge in [-0.25, -0.2) is 8.42 Å². The van der Waals surface area contributed by atoms with E-state index in [0.29, 0.717) is 18.7 Å². The molecule has 158 valence electrons. The quantitative estimate of drug-likeness (QED) is 0.547. The number of aryl methyl sites for hydroxylation is 2. The molecule has 1 N–H and O–H groups in total. The molecule has 5 nitrogen and oxygen atoms in total. The zero-order valence-corrected chi connectivity index (χ0v) is 19.0. The summed E-state index contributed by atoms with van der Waals surface area (Å²) < 4.78 is 25.7. The van der Waals surface area contributed by atoms with Crippen LogP contribution in [-0.4, -0.2) is 39.4 Å². The molecule has 0 aliphatic carbocycles. The molecule has 2 aromatic rings. The maximum atomic E-state index is 12.3. The van der Waals surface area contributed by atoms with Crippen LogP contribution in [0.15, 0.2) is 48.5 Å². The Labute approximate surface area is 178 Å². The summed E-state index contributed by atoms with van der Waals surface area (Å²) in [4.78, 5) is 12.3. The maximum Gasteiger partial charge on any atom is 0.240 e. The Morgan fingerprint density at radius 3 is 2.45 bits per heavy atom. The van der Waals surface area contributed by atoms with E-state index in [1.165, 1.54) is 15.4 Å². The number of sulfonamides is 1. The number of carbonyl (C=O) groups excluding carboxylic acids is 1. The number of nitrogens with zero attached hydrogens (tertiary/aromatic N) is 1. The highest BCUT2D eigenvalue weighted by molar-refractivity contribution is 7.98. The first-order valence-electron chi connectivity index (χ1n) is 9.77. The van der Waals surface area contributed by atoms with Gasteiger partial charge >= 0.3 is 0 Å². The second-order valence-corrected chi connectivity index (χ2v) is 10.0. The first-order chi connectivity index (χ1) is 13.8. The lowest BCUT2D eigenvalue weighted by Gasteiger charge is -2.24. The lowest BCUT2D eigenvalue weighted by Crippen LogP contribution is -2.41. The molecule has 0 unspecified atom stereocenters. The molecule has 0 aromatic heterocycles. The van der Waals surface area contributed by atoms with Gasteiger partial charge in [0, 0.05) is 12.3 Å². The molecule has 0 aliphatic heterocycles. The van der Waals surface area contributed by atoms with Crippen molar-refractivity contribution >= 4 is 33.4 Å². The van der Waals surface area contributed by atoms with Crippen LogP contribution in [0.2, 0.25) is 0 Å². The van der Waals surface area contributed by atoms with Crippen molar-refractivity contribution in [1.82, 2.24) is 5.32 Å². The maximum absolute atomic E-state index is 12.3. The van der Waals surface area contributed by atoms with E-state index < -0.39 is 10.0 Å². The van der Waals surface area contributed by atoms with Crippen molar-refractivity contribution in [2.24, 2.45) is 0 Å². The largest absolute Gasteiger partial charge is 0.354 e. The highest BCUT2D eigenvalue weighted by atomic mass is 32.2. The normalized spacial score (nSPS) is 11.3. The van der Waals surface area contributed by atoms with Crippen molar-refractivity contribution < 1.29 is 13.2 Å². The molecule has 2 rings (SSSR count). The van der Waals surface area contributed by atoms with Gasteiger partial charge in [0.1, 0.15) is 6.54 Å². The molecular formula is C22H30N2O3S2. The van der Waals surface area contributed by atoms with Crippen LogP contribution in [0.25, 0.3) is 0 Å². The number of anilines is 1. The van der Waals surface area contributed by atoms with Gasteiger partial charge in [-0.3, -0.25) is 9.10 Å². The van der Waals surface area contributed by atoms with Crippen LogP contribution in [0, 0.1) is 6.92 Å². The van der Waals surface area contributed by atoms with Crippen molar-refractivity contribution in [1.29, 1.82) is 0 Å². The van der Waals surface area contributed by atoms with Gasteiger partial charge in [0.25, 0.3) is 0 Å². The summed E-state index contributed by atoms with van der Waals surface area (Å²) in [7, 11) is -3.55. The monoisotopic (exact) mass is 434 g/mol. The van der Waals surface area contributed by atoms with Crippen molar-refractivity contribution in [3.05, 3.63) is 65.2 Å². The van der Waals surface area contributed by atoms with Gasteiger partial charge in [-0.1, -0.05) is 55.0 Å². The summed E-state index contributed by atoms with van der Waals surface area (Å²) in [6, 6.07) is 15.8. The van der Waals surface area contributed by atoms with Crippen molar-refractivity contribution in [2.75, 3.05) is 29.4 Å². The lowest BCUT2D eigenvalue weighted by atomic mass is 10.1. The van der Waals surface area contributed by atoms with Gasteiger partial charge in [-0.05, 0) is 42.7 Å². The van der Waals surface area contributed by atoms with E-state index in [2.05, 4.69) is 36.5 Å². The fourth-order valence-corrected chi connectivity index (χ4v) is 4.71. The number of amides is 1. The summed E-state index contributed by atoms with van der Waals surface area (Å²) in [6.45, 7) is 4.37. The van der Waals surface area contributed by atoms with Gasteiger partial charge in [0.05, 0.1) is 11.9 Å². The summed E-state index contributed by atoms with van der Waals surface area (Å²) >= 11 is 1.83. The van der Waals surface area contributed by atoms with Crippen LogP contribution >= 0.6 is 11.8 Å². The third-order valence-electron chi connectivity index (χ3n) is 4.51. The summed E-state index contributed by atoms with van der Waals surface area (Å²) in [5, 5.41) is 2.84. The van der Waals surface area contributed by atoms with Crippen molar-refractivity contribution in [3.63, 3.8) is 0 Å². The van der Waals surface area contributed by atoms with E-state index in [4.69, 9.17) is 0 Å². The molecule has 0 fully saturated rings. The molecule has 0 bridgehead atoms. The number of nitrogens with one attached hydrogen (secondary N) is 1. The van der Waals surface area contributed by atoms with Gasteiger partial charge in [-0.2, -0.15) is 11.8 Å². The molecule has 0 radical (unpaired) electrons. The Bertz CT molecular complexity index is 897. The summed E-state index contributed by atoms with van der Waals surface area (Å²) in [6.07, 6.45) is 2.67. The topological polar surface area (TPSA) is 66.5 Å². The standard InChI is InChI=1S/C22H30N2O3S2/c1-4-20-8-5-6-9-21(20)24(29(3,26)27)16-22(25)23-14-7-15-28-17-19-12-10-18(2)11-13-19/h5-6,8-13H,4,7,14-17H2,1-3H3,(H,23,25). The average Bonchev–Trinajstić information content (AvgIpc) is 2.69. The van der Waals surface area contributed by atoms with Crippen LogP contribution in [0.3, 0.4) is 0 Å². The third kappa shape index (κ3) is 7.74. The fourth-order valence-electron chi connectivity index (χ4n) is 2.90. The Hall–Kier alpha value is -1.99. The minimum absolute atomic E-state index is 0.202. The van der Waals surface area contributed by atoms with Gasteiger partial charge in [-0.15, -0.1) is 0 Å². The molecule has 0 saturated heterocycles. The lowest BCUT2D eigenvalue weighted by molar-refractivity contribution is -0.119. The number of benzene rings is 2. The van der Waals surface area contributed by atoms with E-state index in [-0.39, 0.29) is 12.5 Å². The Kier molecular flexibility index (Phi) is 9.04. The number of hydrogen-bond donors (Lipinski definition) is 1. The van der Waals surface area contributed by atoms with E-state index in [1.807, 2.05) is 30.8 Å². The van der Waals surface area contributed by atoms with Gasteiger partial charge in [0.15, 0.2) is 0 Å². The Balaban J connectivity index is 1.79. The number of thioether (sulfide) groups is 1. The smallest absolute Gasteiger partial charge is 0.240 e. The van der Waals surface area contributed by atoms with Crippen molar-refractivity contribution in [2.45, 2.75) is 32.4 Å². The minimum Gasteiger partial charge on any atom is -0.354 e. The Morgan fingerprint density at radius 2 is 1.79 bits per heavy atom. The number of para-hydroxylation sites is 1. The van der Waals surface area contributed by atoms with E-state index >= 15 is 0 Å². The van der Waals surface area contributed by atoms with Crippen LogP contribution in [-0.2, 0) is 27.0 Å². The fraction of sp³-hybridized carbons (Fsp3) is 0.409. The first kappa shape index (κ1) is 23.3. The molecule has 0 spiro atoms. The predicted molar refractivity (Wildman–Crippen MR) is 123 cm³/mol. The number of rotatable bonds is 11. The minimum atomic E-state index is -3.55. The van der Waals surface area contributed by atoms with Crippen molar-refractivity contribution in [3.8, 4) is 0 Å². The number of hydrogen-bond acceptors (Lipinski definition) is 4. The van der Waals surface area contributed by atoms with Crippen LogP contribution in [0.1, 0.15) is 30.0 Å². The number of carbonyl (C=O) groups is 1. The highest BCUT2D eigenvalue weighted by Gasteiger charge is 2.22. The van der Waals surface area contributed by atoms with Gasteiger partial charge < -0.3 is 5.32 Å². The van der Waals surface area contributed by atoms with Gasteiger partial charge in [0.2, 0.25) is 15.9 Å². The summed E-state index contributed by atoms with van der Waals surface area (Å²) in [5.74, 6) is 1.59. The summed E-state index contributed by atoms with van der Waals surface area (Å²) in [5.41, 5.74) is 4.02. The molecule has 0 aliphatic rings. The van der Waals surface area contributed by atoms with Crippen LogP contribution in [0.4, 0.5) is 5.69 Å². The van der Waals surface area contributed by atoms with E-state index in [1.54, 1.807) is 12.1 Å². The molecule has 0 atom stereocenters. The molecule has 0 heterocycles. The SMILES string of the molecule is CCc1ccccc1N(CC(=O)NCCCSCc1ccc(C)cc1)S(C)(=O)=O. The van der Waals surface area contributed by atoms with Crippen LogP contribution in [0.5, 0.6) is 0 Å². The second-order valence-electron chi connectivity index (χ2n) is 6.99. The zero-order valence-electron chi connectivity index (χ0n) is 17.3. The Morgan fingerprint density at radius 1 is 1.10 bits per heavy atom. The third-order valence-corrected chi connectivity index (χ3v) is 6.75. The van der Waals surface area contributed by atoms with E-state index in [9.17, 15) is 13.2 Å². The van der Waals surface area contributed by atoms with Crippen LogP contribution < -0.4 is 9.62 Å². The molecule has 0 saturated carbocycles. The average molecular weight is 435 g/mol. The second kappa shape index (κ2) is 11.3. The first-order valence-corrected chi connectivity index (χ1v) is 12.8. The molecular weight excluding hydrogens is 404 g/mol.